The monoisotopic (exact) mass is 371 g/mol. The van der Waals surface area contributed by atoms with Crippen LogP contribution in [0.25, 0.3) is 0 Å². The molecule has 2 rings (SSSR count). The van der Waals surface area contributed by atoms with Gasteiger partial charge in [0.1, 0.15) is 6.10 Å². The second kappa shape index (κ2) is 10.4. The first-order valence-corrected chi connectivity index (χ1v) is 8.09. The molecular formula is C17H26ClN3O4. The molecule has 1 aliphatic heterocycles. The number of rotatable bonds is 6. The normalized spacial score (nSPS) is 17.1. The Bertz CT molecular complexity index is 579. The van der Waals surface area contributed by atoms with Crippen LogP contribution in [0.5, 0.6) is 0 Å². The van der Waals surface area contributed by atoms with Crippen LogP contribution in [0.1, 0.15) is 19.8 Å². The van der Waals surface area contributed by atoms with E-state index in [-0.39, 0.29) is 30.1 Å². The molecule has 2 atom stereocenters. The molecule has 25 heavy (non-hydrogen) atoms. The van der Waals surface area contributed by atoms with Crippen molar-refractivity contribution in [2.45, 2.75) is 31.9 Å². The van der Waals surface area contributed by atoms with E-state index in [0.717, 1.165) is 12.8 Å². The molecule has 0 aliphatic carbocycles. The van der Waals surface area contributed by atoms with Crippen LogP contribution in [0.2, 0.25) is 0 Å². The Morgan fingerprint density at radius 3 is 2.32 bits per heavy atom. The van der Waals surface area contributed by atoms with E-state index >= 15 is 0 Å². The van der Waals surface area contributed by atoms with Crippen LogP contribution in [0.15, 0.2) is 24.3 Å². The van der Waals surface area contributed by atoms with Crippen LogP contribution >= 0.6 is 12.4 Å². The van der Waals surface area contributed by atoms with Crippen LogP contribution in [0.4, 0.5) is 11.4 Å². The van der Waals surface area contributed by atoms with E-state index in [1.54, 1.807) is 31.2 Å². The number of methoxy groups -OCH3 is 1. The van der Waals surface area contributed by atoms with Gasteiger partial charge in [0.25, 0.3) is 5.91 Å². The maximum Gasteiger partial charge on any atom is 0.253 e. The molecule has 0 spiro atoms. The lowest BCUT2D eigenvalue weighted by Crippen LogP contribution is -2.44. The summed E-state index contributed by atoms with van der Waals surface area (Å²) in [6, 6.07) is 6.37. The van der Waals surface area contributed by atoms with Gasteiger partial charge in [-0.2, -0.15) is 0 Å². The quantitative estimate of drug-likeness (QED) is 0.707. The maximum atomic E-state index is 12.3. The van der Waals surface area contributed by atoms with Crippen molar-refractivity contribution in [2.75, 3.05) is 31.0 Å². The molecule has 1 saturated heterocycles. The lowest BCUT2D eigenvalue weighted by atomic mass is 9.92. The zero-order chi connectivity index (χ0) is 17.5. The molecule has 1 aromatic carbocycles. The van der Waals surface area contributed by atoms with Crippen LogP contribution in [0.3, 0.4) is 0 Å². The Morgan fingerprint density at radius 2 is 1.76 bits per heavy atom. The van der Waals surface area contributed by atoms with Gasteiger partial charge in [0.2, 0.25) is 5.91 Å². The SMILES string of the molecule is COC(C)C(=O)Nc1cccc(NC(=O)C(N)C2CCOCC2)c1.Cl. The molecule has 1 fully saturated rings. The van der Waals surface area contributed by atoms with E-state index in [0.29, 0.717) is 24.6 Å². The standard InChI is InChI=1S/C17H25N3O4.ClH/c1-11(23-2)16(21)19-13-4-3-5-14(10-13)20-17(22)15(18)12-6-8-24-9-7-12;/h3-5,10-12,15H,6-9,18H2,1-2H3,(H,19,21)(H,20,22);1H. The van der Waals surface area contributed by atoms with E-state index in [9.17, 15) is 9.59 Å². The van der Waals surface area contributed by atoms with Crippen molar-refractivity contribution in [3.05, 3.63) is 24.3 Å². The van der Waals surface area contributed by atoms with Gasteiger partial charge in [-0.1, -0.05) is 6.07 Å². The third-order valence-corrected chi connectivity index (χ3v) is 4.20. The summed E-state index contributed by atoms with van der Waals surface area (Å²) in [7, 11) is 1.47. The van der Waals surface area contributed by atoms with Gasteiger partial charge in [0, 0.05) is 31.7 Å². The summed E-state index contributed by atoms with van der Waals surface area (Å²) < 4.78 is 10.3. The lowest BCUT2D eigenvalue weighted by molar-refractivity contribution is -0.124. The molecule has 2 amide bonds. The predicted octanol–water partition coefficient (Wildman–Crippen LogP) is 1.77. The van der Waals surface area contributed by atoms with Gasteiger partial charge >= 0.3 is 0 Å². The summed E-state index contributed by atoms with van der Waals surface area (Å²) in [5.74, 6) is -0.347. The molecule has 7 nitrogen and oxygen atoms in total. The average molecular weight is 372 g/mol. The van der Waals surface area contributed by atoms with Gasteiger partial charge in [-0.25, -0.2) is 0 Å². The van der Waals surface area contributed by atoms with Gasteiger partial charge in [-0.3, -0.25) is 9.59 Å². The number of ether oxygens (including phenoxy) is 2. The number of hydrogen-bond acceptors (Lipinski definition) is 5. The number of amides is 2. The Hall–Kier alpha value is -1.67. The van der Waals surface area contributed by atoms with Gasteiger partial charge in [-0.15, -0.1) is 12.4 Å². The number of halogens is 1. The summed E-state index contributed by atoms with van der Waals surface area (Å²) in [6.45, 7) is 2.95. The van der Waals surface area contributed by atoms with E-state index < -0.39 is 12.1 Å². The maximum absolute atomic E-state index is 12.3. The van der Waals surface area contributed by atoms with Crippen LogP contribution in [-0.4, -0.2) is 44.3 Å². The molecule has 1 aromatic rings. The van der Waals surface area contributed by atoms with E-state index in [2.05, 4.69) is 10.6 Å². The molecule has 1 heterocycles. The molecule has 2 unspecified atom stereocenters. The molecule has 0 bridgehead atoms. The molecule has 140 valence electrons. The van der Waals surface area contributed by atoms with Crippen molar-refractivity contribution in [3.63, 3.8) is 0 Å². The Labute approximate surface area is 154 Å². The zero-order valence-corrected chi connectivity index (χ0v) is 15.3. The molecule has 8 heteroatoms. The molecule has 1 aliphatic rings. The number of nitrogens with one attached hydrogen (secondary N) is 2. The number of nitrogens with two attached hydrogens (primary N) is 1. The van der Waals surface area contributed by atoms with Gasteiger partial charge < -0.3 is 25.8 Å². The van der Waals surface area contributed by atoms with Gasteiger partial charge in [0.15, 0.2) is 0 Å². The summed E-state index contributed by atoms with van der Waals surface area (Å²) in [6.07, 6.45) is 1.03. The second-order valence-corrected chi connectivity index (χ2v) is 5.91. The fourth-order valence-electron chi connectivity index (χ4n) is 2.54. The third-order valence-electron chi connectivity index (χ3n) is 4.20. The van der Waals surface area contributed by atoms with Crippen molar-refractivity contribution in [1.29, 1.82) is 0 Å². The largest absolute Gasteiger partial charge is 0.381 e. The first-order valence-electron chi connectivity index (χ1n) is 8.09. The highest BCUT2D eigenvalue weighted by Crippen LogP contribution is 2.20. The fraction of sp³-hybridized carbons (Fsp3) is 0.529. The Balaban J connectivity index is 0.00000312. The fourth-order valence-corrected chi connectivity index (χ4v) is 2.54. The first kappa shape index (κ1) is 21.4. The van der Waals surface area contributed by atoms with E-state index in [1.165, 1.54) is 7.11 Å². The van der Waals surface area contributed by atoms with Crippen molar-refractivity contribution in [2.24, 2.45) is 11.7 Å². The number of benzene rings is 1. The minimum absolute atomic E-state index is 0. The summed E-state index contributed by atoms with van der Waals surface area (Å²) in [5.41, 5.74) is 7.24. The number of anilines is 2. The highest BCUT2D eigenvalue weighted by molar-refractivity contribution is 5.97. The van der Waals surface area contributed by atoms with E-state index in [1.807, 2.05) is 0 Å². The van der Waals surface area contributed by atoms with Gasteiger partial charge in [-0.05, 0) is 43.9 Å². The number of carbonyl (C=O) groups excluding carboxylic acids is 2. The van der Waals surface area contributed by atoms with Crippen LogP contribution in [-0.2, 0) is 19.1 Å². The number of carbonyl (C=O) groups is 2. The highest BCUT2D eigenvalue weighted by Gasteiger charge is 2.26. The molecule has 4 N–H and O–H groups in total. The van der Waals surface area contributed by atoms with Crippen LogP contribution < -0.4 is 16.4 Å². The van der Waals surface area contributed by atoms with Crippen molar-refractivity contribution in [3.8, 4) is 0 Å². The minimum Gasteiger partial charge on any atom is -0.381 e. The zero-order valence-electron chi connectivity index (χ0n) is 14.5. The summed E-state index contributed by atoms with van der Waals surface area (Å²) in [5, 5.41) is 5.54. The number of hydrogen-bond donors (Lipinski definition) is 3. The van der Waals surface area contributed by atoms with Crippen molar-refractivity contribution in [1.82, 2.24) is 0 Å². The highest BCUT2D eigenvalue weighted by atomic mass is 35.5. The summed E-state index contributed by atoms with van der Waals surface area (Å²) in [4.78, 5) is 24.2. The minimum atomic E-state index is -0.569. The smallest absolute Gasteiger partial charge is 0.253 e. The lowest BCUT2D eigenvalue weighted by Gasteiger charge is -2.26. The predicted molar refractivity (Wildman–Crippen MR) is 98.9 cm³/mol. The van der Waals surface area contributed by atoms with Crippen molar-refractivity contribution < 1.29 is 19.1 Å². The molecule has 0 aromatic heterocycles. The van der Waals surface area contributed by atoms with Crippen molar-refractivity contribution >= 4 is 35.6 Å². The topological polar surface area (TPSA) is 103 Å². The van der Waals surface area contributed by atoms with Gasteiger partial charge in [0.05, 0.1) is 6.04 Å². The molecule has 0 saturated carbocycles. The average Bonchev–Trinajstić information content (AvgIpc) is 2.61. The first-order chi connectivity index (χ1) is 11.5. The van der Waals surface area contributed by atoms with Crippen LogP contribution in [0, 0.1) is 5.92 Å². The second-order valence-electron chi connectivity index (χ2n) is 5.91. The third kappa shape index (κ3) is 6.28. The molecule has 0 radical (unpaired) electrons. The summed E-state index contributed by atoms with van der Waals surface area (Å²) >= 11 is 0. The molecular weight excluding hydrogens is 346 g/mol. The Kier molecular flexibility index (Phi) is 8.85. The van der Waals surface area contributed by atoms with E-state index in [4.69, 9.17) is 15.2 Å². The Morgan fingerprint density at radius 1 is 1.20 bits per heavy atom.